The van der Waals surface area contributed by atoms with E-state index in [4.69, 9.17) is 40.6 Å². The molecule has 2 saturated heterocycles. The second-order valence-electron chi connectivity index (χ2n) is 8.69. The summed E-state index contributed by atoms with van der Waals surface area (Å²) in [6.07, 6.45) is 4.58. The van der Waals surface area contributed by atoms with Gasteiger partial charge in [0.25, 0.3) is 5.91 Å². The normalized spacial score (nSPS) is 28.5. The highest BCUT2D eigenvalue weighted by atomic mass is 35.9. The Hall–Kier alpha value is -0.770. The average molecular weight is 543 g/mol. The van der Waals surface area contributed by atoms with E-state index in [0.29, 0.717) is 6.54 Å². The molecule has 7 nitrogen and oxygen atoms in total. The summed E-state index contributed by atoms with van der Waals surface area (Å²) in [6, 6.07) is 18.4. The standard InChI is InChI=1S/C21H27Cl2N6OP3/c22-31(23)24-32(27-14-6-7-15-27,28-16-8-9-17-28)26-33(25-31)29(20-11-2-1-3-12-20)18-19-10-4-5-13-21(19)30-33/h1-5,10-13H,6-9,14-18H2. The molecule has 6 rings (SSSR count). The highest BCUT2D eigenvalue weighted by Crippen LogP contribution is 2.85. The van der Waals surface area contributed by atoms with Crippen LogP contribution in [0.4, 0.5) is 5.69 Å². The van der Waals surface area contributed by atoms with Crippen molar-refractivity contribution in [2.45, 2.75) is 32.2 Å². The Bertz CT molecular complexity index is 1200. The van der Waals surface area contributed by atoms with E-state index in [1.54, 1.807) is 0 Å². The molecular weight excluding hydrogens is 516 g/mol. The Kier molecular flexibility index (Phi) is 5.99. The van der Waals surface area contributed by atoms with E-state index in [9.17, 15) is 0 Å². The molecule has 0 amide bonds. The van der Waals surface area contributed by atoms with E-state index >= 15 is 0 Å². The number of nitrogens with zero attached hydrogens (tertiary/aromatic N) is 6. The minimum Gasteiger partial charge on any atom is -0.426 e. The molecule has 4 aliphatic heterocycles. The number of halogens is 2. The first-order valence-electron chi connectivity index (χ1n) is 11.4. The van der Waals surface area contributed by atoms with Gasteiger partial charge in [0.15, 0.2) is 0 Å². The number of hydrogen-bond donors (Lipinski definition) is 0. The van der Waals surface area contributed by atoms with E-state index in [0.717, 1.165) is 68.9 Å². The van der Waals surface area contributed by atoms with Gasteiger partial charge in [-0.1, -0.05) is 36.4 Å². The summed E-state index contributed by atoms with van der Waals surface area (Å²) in [5.41, 5.74) is 2.13. The van der Waals surface area contributed by atoms with E-state index in [1.165, 1.54) is 0 Å². The Balaban J connectivity index is 1.63. The number of fused-ring (bicyclic) bond motifs is 1. The topological polar surface area (TPSA) is 56.0 Å². The number of anilines is 1. The van der Waals surface area contributed by atoms with Crippen molar-refractivity contribution in [1.29, 1.82) is 0 Å². The molecule has 0 bridgehead atoms. The summed E-state index contributed by atoms with van der Waals surface area (Å²) in [5.74, 6) is -2.20. The molecular formula is C21H27Cl2N6OP3. The third-order valence-electron chi connectivity index (χ3n) is 6.49. The second-order valence-corrected chi connectivity index (χ2v) is 19.0. The summed E-state index contributed by atoms with van der Waals surface area (Å²) in [6.45, 7) is 4.51. The Morgan fingerprint density at radius 2 is 1.33 bits per heavy atom. The van der Waals surface area contributed by atoms with Crippen molar-refractivity contribution in [3.63, 3.8) is 0 Å². The van der Waals surface area contributed by atoms with Crippen molar-refractivity contribution in [3.05, 3.63) is 60.2 Å². The maximum atomic E-state index is 6.99. The Morgan fingerprint density at radius 3 is 2.00 bits per heavy atom. The number of para-hydroxylation sites is 2. The minimum atomic E-state index is -3.02. The quantitative estimate of drug-likeness (QED) is 0.364. The predicted molar refractivity (Wildman–Crippen MR) is 141 cm³/mol. The van der Waals surface area contributed by atoms with Crippen molar-refractivity contribution in [2.24, 2.45) is 13.5 Å². The van der Waals surface area contributed by atoms with Crippen LogP contribution in [0.15, 0.2) is 68.1 Å². The van der Waals surface area contributed by atoms with E-state index in [-0.39, 0.29) is 0 Å². The smallest absolute Gasteiger partial charge is 0.360 e. The highest BCUT2D eigenvalue weighted by Gasteiger charge is 2.49. The SMILES string of the molecule is ClP1(Cl)=NP(N2CCCC2)(N2CCCC2)=NP2(=N1)Oc1ccccc1CN2c1ccccc1. The van der Waals surface area contributed by atoms with E-state index in [2.05, 4.69) is 32.2 Å². The molecule has 1 spiro atoms. The lowest BCUT2D eigenvalue weighted by Gasteiger charge is -2.45. The van der Waals surface area contributed by atoms with Crippen LogP contribution >= 0.6 is 43.5 Å². The van der Waals surface area contributed by atoms with E-state index in [1.807, 2.05) is 36.4 Å². The summed E-state index contributed by atoms with van der Waals surface area (Å²) >= 11 is 14.0. The third kappa shape index (κ3) is 4.04. The molecule has 1 atom stereocenters. The molecule has 2 aromatic carbocycles. The molecule has 0 aromatic heterocycles. The first kappa shape index (κ1) is 22.7. The zero-order chi connectivity index (χ0) is 22.5. The van der Waals surface area contributed by atoms with Gasteiger partial charge in [-0.25, -0.2) is 9.34 Å². The second kappa shape index (κ2) is 8.71. The van der Waals surface area contributed by atoms with Gasteiger partial charge in [0, 0.05) is 37.4 Å². The molecule has 0 radical (unpaired) electrons. The highest BCUT2D eigenvalue weighted by molar-refractivity contribution is 8.13. The number of benzene rings is 2. The van der Waals surface area contributed by atoms with E-state index < -0.39 is 21.0 Å². The van der Waals surface area contributed by atoms with Gasteiger partial charge in [-0.2, -0.15) is 13.5 Å². The summed E-state index contributed by atoms with van der Waals surface area (Å²) < 4.78 is 29.7. The molecule has 4 aliphatic rings. The Morgan fingerprint density at radius 1 is 0.727 bits per heavy atom. The fraction of sp³-hybridized carbons (Fsp3) is 0.429. The fourth-order valence-electron chi connectivity index (χ4n) is 4.97. The molecule has 1 unspecified atom stereocenters. The van der Waals surface area contributed by atoms with Crippen LogP contribution in [0.5, 0.6) is 5.75 Å². The summed E-state index contributed by atoms with van der Waals surface area (Å²) in [5, 5.41) is 0. The van der Waals surface area contributed by atoms with Crippen molar-refractivity contribution >= 4 is 49.2 Å². The van der Waals surface area contributed by atoms with Crippen LogP contribution in [0.2, 0.25) is 0 Å². The molecule has 0 aliphatic carbocycles. The molecule has 0 N–H and O–H groups in total. The lowest BCUT2D eigenvalue weighted by atomic mass is 10.2. The number of hydrogen-bond acceptors (Lipinski definition) is 7. The van der Waals surface area contributed by atoms with Crippen LogP contribution < -0.4 is 9.19 Å². The van der Waals surface area contributed by atoms with Crippen LogP contribution in [0.3, 0.4) is 0 Å². The predicted octanol–water partition coefficient (Wildman–Crippen LogP) is 8.61. The van der Waals surface area contributed by atoms with Crippen molar-refractivity contribution in [1.82, 2.24) is 9.34 Å². The fourth-order valence-corrected chi connectivity index (χ4v) is 19.3. The van der Waals surface area contributed by atoms with Gasteiger partial charge in [0.05, 0.1) is 6.54 Å². The molecule has 2 aromatic rings. The zero-order valence-electron chi connectivity index (χ0n) is 18.2. The van der Waals surface area contributed by atoms with Gasteiger partial charge in [-0.3, -0.25) is 4.67 Å². The Labute approximate surface area is 205 Å². The van der Waals surface area contributed by atoms with Crippen molar-refractivity contribution < 1.29 is 4.52 Å². The maximum absolute atomic E-state index is 6.99. The molecule has 33 heavy (non-hydrogen) atoms. The summed E-state index contributed by atoms with van der Waals surface area (Å²) in [4.78, 5) is 0. The van der Waals surface area contributed by atoms with Gasteiger partial charge >= 0.3 is 7.58 Å². The molecule has 4 heterocycles. The van der Waals surface area contributed by atoms with Gasteiger partial charge in [-0.05, 0) is 66.4 Å². The first-order valence-corrected chi connectivity index (χ1v) is 18.1. The molecule has 2 fully saturated rings. The van der Waals surface area contributed by atoms with Crippen LogP contribution in [-0.4, -0.2) is 35.5 Å². The van der Waals surface area contributed by atoms with Crippen molar-refractivity contribution in [3.8, 4) is 5.75 Å². The summed E-state index contributed by atoms with van der Waals surface area (Å²) in [7, 11) is -5.48. The lowest BCUT2D eigenvalue weighted by molar-refractivity contribution is 0.463. The van der Waals surface area contributed by atoms with Crippen LogP contribution in [0, 0.1) is 0 Å². The van der Waals surface area contributed by atoms with Gasteiger partial charge in [0.1, 0.15) is 5.75 Å². The average Bonchev–Trinajstić information content (AvgIpc) is 3.53. The zero-order valence-corrected chi connectivity index (χ0v) is 22.4. The minimum absolute atomic E-state index is 0.648. The largest absolute Gasteiger partial charge is 0.426 e. The van der Waals surface area contributed by atoms with Gasteiger partial charge < -0.3 is 4.52 Å². The number of rotatable bonds is 3. The van der Waals surface area contributed by atoms with Gasteiger partial charge in [-0.15, -0.1) is 0 Å². The molecule has 0 saturated carbocycles. The molecule has 176 valence electrons. The lowest BCUT2D eigenvalue weighted by Crippen LogP contribution is -2.31. The van der Waals surface area contributed by atoms with Crippen LogP contribution in [-0.2, 0) is 6.54 Å². The van der Waals surface area contributed by atoms with Crippen LogP contribution in [0.25, 0.3) is 0 Å². The third-order valence-corrected chi connectivity index (χ3v) is 18.2. The maximum Gasteiger partial charge on any atom is 0.360 e. The van der Waals surface area contributed by atoms with Crippen LogP contribution in [0.1, 0.15) is 31.2 Å². The van der Waals surface area contributed by atoms with Crippen molar-refractivity contribution in [2.75, 3.05) is 30.8 Å². The first-order chi connectivity index (χ1) is 16.0. The monoisotopic (exact) mass is 542 g/mol. The van der Waals surface area contributed by atoms with Gasteiger partial charge in [0.2, 0.25) is 7.51 Å². The molecule has 12 heteroatoms.